The number of hydrogen-bond donors (Lipinski definition) is 0. The fourth-order valence-electron chi connectivity index (χ4n) is 1.56. The first-order valence-electron chi connectivity index (χ1n) is 4.63. The van der Waals surface area contributed by atoms with Crippen LogP contribution in [-0.4, -0.2) is 18.5 Å². The highest BCUT2D eigenvalue weighted by molar-refractivity contribution is 5.60. The fraction of sp³-hybridized carbons (Fsp3) is 0.500. The van der Waals surface area contributed by atoms with Crippen LogP contribution in [-0.2, 0) is 0 Å². The topological polar surface area (TPSA) is 3.24 Å². The fourth-order valence-corrected chi connectivity index (χ4v) is 1.56. The van der Waals surface area contributed by atoms with Crippen LogP contribution >= 0.6 is 0 Å². The van der Waals surface area contributed by atoms with E-state index in [2.05, 4.69) is 52.0 Å². The molecule has 1 aliphatic rings. The van der Waals surface area contributed by atoms with Crippen LogP contribution in [0, 0.1) is 5.41 Å². The SMILES string of the molecule is C=C1C=C(N(C)CC(C)(C)C)C1=C. The van der Waals surface area contributed by atoms with Crippen molar-refractivity contribution < 1.29 is 0 Å². The summed E-state index contributed by atoms with van der Waals surface area (Å²) in [5.74, 6) is 0. The van der Waals surface area contributed by atoms with Crippen LogP contribution in [0.3, 0.4) is 0 Å². The van der Waals surface area contributed by atoms with E-state index < -0.39 is 0 Å². The Labute approximate surface area is 81.4 Å². The Hall–Kier alpha value is -0.980. The van der Waals surface area contributed by atoms with E-state index >= 15 is 0 Å². The molecule has 0 aromatic carbocycles. The van der Waals surface area contributed by atoms with Crippen molar-refractivity contribution in [2.45, 2.75) is 20.8 Å². The second-order valence-corrected chi connectivity index (χ2v) is 4.95. The van der Waals surface area contributed by atoms with Crippen molar-refractivity contribution in [2.24, 2.45) is 5.41 Å². The van der Waals surface area contributed by atoms with Gasteiger partial charge in [0.25, 0.3) is 0 Å². The third-order valence-corrected chi connectivity index (χ3v) is 2.13. The van der Waals surface area contributed by atoms with E-state index in [-0.39, 0.29) is 0 Å². The summed E-state index contributed by atoms with van der Waals surface area (Å²) in [4.78, 5) is 2.25. The summed E-state index contributed by atoms with van der Waals surface area (Å²) in [7, 11) is 2.11. The maximum Gasteiger partial charge on any atom is 0.0443 e. The number of rotatable bonds is 2. The summed E-state index contributed by atoms with van der Waals surface area (Å²) in [5.41, 5.74) is 3.72. The Morgan fingerprint density at radius 2 is 1.85 bits per heavy atom. The average Bonchev–Trinajstić information content (AvgIpc) is 1.95. The summed E-state index contributed by atoms with van der Waals surface area (Å²) < 4.78 is 0. The summed E-state index contributed by atoms with van der Waals surface area (Å²) >= 11 is 0. The minimum absolute atomic E-state index is 0.326. The third kappa shape index (κ3) is 2.24. The van der Waals surface area contributed by atoms with Gasteiger partial charge in [0.05, 0.1) is 0 Å². The molecule has 0 amide bonds. The third-order valence-electron chi connectivity index (χ3n) is 2.13. The van der Waals surface area contributed by atoms with E-state index in [0.29, 0.717) is 5.41 Å². The molecule has 0 saturated carbocycles. The molecule has 0 aliphatic heterocycles. The first-order valence-corrected chi connectivity index (χ1v) is 4.63. The Kier molecular flexibility index (Phi) is 2.38. The molecule has 1 rings (SSSR count). The van der Waals surface area contributed by atoms with Crippen molar-refractivity contribution in [3.05, 3.63) is 36.1 Å². The van der Waals surface area contributed by atoms with Gasteiger partial charge < -0.3 is 4.90 Å². The summed E-state index contributed by atoms with van der Waals surface area (Å²) in [6, 6.07) is 0. The highest BCUT2D eigenvalue weighted by Gasteiger charge is 2.22. The molecular weight excluding hydrogens is 158 g/mol. The van der Waals surface area contributed by atoms with Gasteiger partial charge in [-0.3, -0.25) is 0 Å². The van der Waals surface area contributed by atoms with Crippen molar-refractivity contribution in [2.75, 3.05) is 13.6 Å². The molecule has 1 aliphatic carbocycles. The van der Waals surface area contributed by atoms with Crippen molar-refractivity contribution >= 4 is 0 Å². The van der Waals surface area contributed by atoms with Gasteiger partial charge in [-0.1, -0.05) is 33.9 Å². The molecule has 1 heteroatoms. The number of nitrogens with zero attached hydrogens (tertiary/aromatic N) is 1. The van der Waals surface area contributed by atoms with E-state index in [1.165, 1.54) is 5.70 Å². The normalized spacial score (nSPS) is 16.8. The smallest absolute Gasteiger partial charge is 0.0443 e. The minimum atomic E-state index is 0.326. The standard InChI is InChI=1S/C12H19N/c1-9-7-11(10(9)2)13(6)8-12(3,4)5/h7H,1-2,8H2,3-6H3. The predicted octanol–water partition coefficient (Wildman–Crippen LogP) is 2.97. The molecule has 0 N–H and O–H groups in total. The molecule has 0 saturated heterocycles. The molecule has 0 heterocycles. The molecule has 0 unspecified atom stereocenters. The van der Waals surface area contributed by atoms with Gasteiger partial charge in [-0.25, -0.2) is 0 Å². The molecule has 0 spiro atoms. The predicted molar refractivity (Wildman–Crippen MR) is 58.4 cm³/mol. The highest BCUT2D eigenvalue weighted by atomic mass is 15.1. The van der Waals surface area contributed by atoms with Crippen LogP contribution in [0.2, 0.25) is 0 Å². The van der Waals surface area contributed by atoms with Crippen LogP contribution < -0.4 is 0 Å². The van der Waals surface area contributed by atoms with Gasteiger partial charge in [0.15, 0.2) is 0 Å². The van der Waals surface area contributed by atoms with Gasteiger partial charge in [-0.05, 0) is 22.6 Å². The van der Waals surface area contributed by atoms with Gasteiger partial charge in [-0.15, -0.1) is 0 Å². The number of likely N-dealkylation sites (N-methyl/N-ethyl adjacent to an activating group) is 1. The van der Waals surface area contributed by atoms with Gasteiger partial charge in [0.2, 0.25) is 0 Å². The van der Waals surface area contributed by atoms with Crippen molar-refractivity contribution in [1.29, 1.82) is 0 Å². The first-order chi connectivity index (χ1) is 5.81. The summed E-state index contributed by atoms with van der Waals surface area (Å²) in [6.45, 7) is 15.6. The average molecular weight is 177 g/mol. The van der Waals surface area contributed by atoms with E-state index in [9.17, 15) is 0 Å². The van der Waals surface area contributed by atoms with Crippen molar-refractivity contribution in [3.8, 4) is 0 Å². The Morgan fingerprint density at radius 1 is 1.31 bits per heavy atom. The molecule has 0 atom stereocenters. The van der Waals surface area contributed by atoms with Gasteiger partial charge in [0, 0.05) is 19.3 Å². The largest absolute Gasteiger partial charge is 0.374 e. The molecule has 0 bridgehead atoms. The van der Waals surface area contributed by atoms with Crippen LogP contribution in [0.5, 0.6) is 0 Å². The zero-order valence-corrected chi connectivity index (χ0v) is 9.15. The van der Waals surface area contributed by atoms with Crippen LogP contribution in [0.4, 0.5) is 0 Å². The Balaban J connectivity index is 2.61. The van der Waals surface area contributed by atoms with Crippen LogP contribution in [0.1, 0.15) is 20.8 Å². The van der Waals surface area contributed by atoms with E-state index in [4.69, 9.17) is 0 Å². The van der Waals surface area contributed by atoms with Crippen molar-refractivity contribution in [1.82, 2.24) is 4.90 Å². The lowest BCUT2D eigenvalue weighted by Gasteiger charge is -2.35. The maximum absolute atomic E-state index is 3.96. The van der Waals surface area contributed by atoms with Gasteiger partial charge >= 0.3 is 0 Å². The molecule has 0 fully saturated rings. The second kappa shape index (κ2) is 3.06. The Morgan fingerprint density at radius 3 is 2.15 bits per heavy atom. The van der Waals surface area contributed by atoms with E-state index in [0.717, 1.165) is 17.7 Å². The first kappa shape index (κ1) is 10.1. The molecule has 1 nitrogen and oxygen atoms in total. The zero-order valence-electron chi connectivity index (χ0n) is 9.15. The maximum atomic E-state index is 3.96. The van der Waals surface area contributed by atoms with Crippen LogP contribution in [0.15, 0.2) is 36.1 Å². The molecule has 72 valence electrons. The second-order valence-electron chi connectivity index (χ2n) is 4.95. The quantitative estimate of drug-likeness (QED) is 0.627. The van der Waals surface area contributed by atoms with E-state index in [1.807, 2.05) is 0 Å². The number of hydrogen-bond acceptors (Lipinski definition) is 1. The summed E-state index contributed by atoms with van der Waals surface area (Å²) in [5, 5.41) is 0. The lowest BCUT2D eigenvalue weighted by atomic mass is 9.90. The van der Waals surface area contributed by atoms with Gasteiger partial charge in [-0.2, -0.15) is 0 Å². The lowest BCUT2D eigenvalue weighted by molar-refractivity contribution is 0.270. The van der Waals surface area contributed by atoms with Crippen molar-refractivity contribution in [3.63, 3.8) is 0 Å². The molecule has 13 heavy (non-hydrogen) atoms. The molecular formula is C12H19N. The summed E-state index contributed by atoms with van der Waals surface area (Å²) in [6.07, 6.45) is 2.09. The Bertz CT molecular complexity index is 276. The monoisotopic (exact) mass is 177 g/mol. The molecule has 0 aromatic heterocycles. The highest BCUT2D eigenvalue weighted by Crippen LogP contribution is 2.32. The van der Waals surface area contributed by atoms with E-state index in [1.54, 1.807) is 0 Å². The molecule has 0 aromatic rings. The van der Waals surface area contributed by atoms with Crippen LogP contribution in [0.25, 0.3) is 0 Å². The number of allylic oxidation sites excluding steroid dienone is 2. The van der Waals surface area contributed by atoms with Gasteiger partial charge in [0.1, 0.15) is 0 Å². The minimum Gasteiger partial charge on any atom is -0.374 e. The molecule has 0 radical (unpaired) electrons. The lowest BCUT2D eigenvalue weighted by Crippen LogP contribution is -2.31. The zero-order chi connectivity index (χ0) is 10.2.